The summed E-state index contributed by atoms with van der Waals surface area (Å²) >= 11 is 0. The first-order valence-electron chi connectivity index (χ1n) is 6.93. The molecule has 6 heteroatoms. The van der Waals surface area contributed by atoms with E-state index in [1.54, 1.807) is 26.0 Å². The zero-order valence-corrected chi connectivity index (χ0v) is 12.5. The third kappa shape index (κ3) is 2.30. The molecule has 1 aliphatic rings. The van der Waals surface area contributed by atoms with Crippen LogP contribution in [0, 0.1) is 0 Å². The fourth-order valence-electron chi connectivity index (χ4n) is 2.72. The molecule has 6 nitrogen and oxygen atoms in total. The van der Waals surface area contributed by atoms with Crippen LogP contribution < -0.4 is 10.4 Å². The van der Waals surface area contributed by atoms with Gasteiger partial charge in [-0.2, -0.15) is 0 Å². The molecular formula is C16H16O6. The Hall–Kier alpha value is -2.50. The molecule has 1 aliphatic heterocycles. The molecular weight excluding hydrogens is 288 g/mol. The first kappa shape index (κ1) is 14.4. The molecule has 0 radical (unpaired) electrons. The largest absolute Gasteiger partial charge is 0.502 e. The van der Waals surface area contributed by atoms with Crippen LogP contribution in [-0.2, 0) is 16.0 Å². The summed E-state index contributed by atoms with van der Waals surface area (Å²) in [6.45, 7) is 4.84. The number of esters is 1. The number of phenolic OH excluding ortho intramolecular Hbond substituents is 1. The van der Waals surface area contributed by atoms with Gasteiger partial charge in [0.05, 0.1) is 0 Å². The van der Waals surface area contributed by atoms with Gasteiger partial charge in [-0.15, -0.1) is 0 Å². The van der Waals surface area contributed by atoms with Gasteiger partial charge in [-0.05, 0) is 26.0 Å². The Morgan fingerprint density at radius 2 is 2.14 bits per heavy atom. The fraction of sp³-hybridized carbons (Fsp3) is 0.375. The lowest BCUT2D eigenvalue weighted by molar-refractivity contribution is -0.161. The van der Waals surface area contributed by atoms with Gasteiger partial charge < -0.3 is 19.0 Å². The molecule has 1 aromatic heterocycles. The van der Waals surface area contributed by atoms with Gasteiger partial charge in [0.1, 0.15) is 11.7 Å². The summed E-state index contributed by atoms with van der Waals surface area (Å²) in [5.41, 5.74) is -0.511. The number of fused-ring (bicyclic) bond motifs is 2. The zero-order chi connectivity index (χ0) is 16.1. The summed E-state index contributed by atoms with van der Waals surface area (Å²) in [6, 6.07) is 4.69. The van der Waals surface area contributed by atoms with Crippen LogP contribution in [0.2, 0.25) is 0 Å². The van der Waals surface area contributed by atoms with Crippen LogP contribution in [-0.4, -0.2) is 22.8 Å². The monoisotopic (exact) mass is 304 g/mol. The van der Waals surface area contributed by atoms with Crippen molar-refractivity contribution in [2.45, 2.75) is 38.9 Å². The Morgan fingerprint density at radius 3 is 2.82 bits per heavy atom. The fourth-order valence-corrected chi connectivity index (χ4v) is 2.72. The maximum atomic E-state index is 11.3. The highest BCUT2D eigenvalue weighted by Gasteiger charge is 2.40. The van der Waals surface area contributed by atoms with Crippen LogP contribution in [0.1, 0.15) is 26.3 Å². The topological polar surface area (TPSA) is 86.0 Å². The van der Waals surface area contributed by atoms with Gasteiger partial charge in [0.2, 0.25) is 5.75 Å². The Kier molecular flexibility index (Phi) is 3.12. The first-order chi connectivity index (χ1) is 10.3. The van der Waals surface area contributed by atoms with E-state index < -0.39 is 23.3 Å². The molecule has 2 heterocycles. The normalized spacial score (nSPS) is 17.1. The van der Waals surface area contributed by atoms with Gasteiger partial charge in [0.15, 0.2) is 11.3 Å². The van der Waals surface area contributed by atoms with E-state index >= 15 is 0 Å². The number of hydrogen-bond acceptors (Lipinski definition) is 6. The second-order valence-corrected chi connectivity index (χ2v) is 5.89. The van der Waals surface area contributed by atoms with E-state index in [0.29, 0.717) is 11.8 Å². The van der Waals surface area contributed by atoms with Crippen molar-refractivity contribution in [2.75, 3.05) is 0 Å². The van der Waals surface area contributed by atoms with Gasteiger partial charge in [0, 0.05) is 30.4 Å². The third-order valence-electron chi connectivity index (χ3n) is 3.76. The lowest BCUT2D eigenvalue weighted by Gasteiger charge is -2.30. The van der Waals surface area contributed by atoms with E-state index in [2.05, 4.69) is 0 Å². The van der Waals surface area contributed by atoms with Crippen molar-refractivity contribution in [2.24, 2.45) is 0 Å². The van der Waals surface area contributed by atoms with E-state index in [1.165, 1.54) is 13.0 Å². The molecule has 0 bridgehead atoms. The maximum absolute atomic E-state index is 11.3. The van der Waals surface area contributed by atoms with Crippen LogP contribution in [0.4, 0.5) is 0 Å². The SMILES string of the molecule is CC(=O)OC(C)(C)C1Cc2cc3ccc(=O)oc3c(O)c2O1. The highest BCUT2D eigenvalue weighted by atomic mass is 16.6. The molecule has 0 amide bonds. The molecule has 0 saturated heterocycles. The summed E-state index contributed by atoms with van der Waals surface area (Å²) in [5, 5.41) is 10.9. The van der Waals surface area contributed by atoms with E-state index in [0.717, 1.165) is 5.56 Å². The quantitative estimate of drug-likeness (QED) is 0.676. The van der Waals surface area contributed by atoms with Crippen molar-refractivity contribution in [3.63, 3.8) is 0 Å². The minimum atomic E-state index is -0.843. The van der Waals surface area contributed by atoms with Crippen LogP contribution >= 0.6 is 0 Å². The molecule has 2 aromatic rings. The Morgan fingerprint density at radius 1 is 1.41 bits per heavy atom. The van der Waals surface area contributed by atoms with Crippen LogP contribution in [0.3, 0.4) is 0 Å². The van der Waals surface area contributed by atoms with Gasteiger partial charge >= 0.3 is 11.6 Å². The van der Waals surface area contributed by atoms with E-state index in [9.17, 15) is 14.7 Å². The maximum Gasteiger partial charge on any atom is 0.336 e. The van der Waals surface area contributed by atoms with Crippen molar-refractivity contribution in [1.82, 2.24) is 0 Å². The number of aromatic hydroxyl groups is 1. The molecule has 1 N–H and O–H groups in total. The second-order valence-electron chi connectivity index (χ2n) is 5.89. The lowest BCUT2D eigenvalue weighted by Crippen LogP contribution is -2.43. The summed E-state index contributed by atoms with van der Waals surface area (Å²) in [7, 11) is 0. The number of rotatable bonds is 2. The summed E-state index contributed by atoms with van der Waals surface area (Å²) in [5.74, 6) is -0.330. The minimum Gasteiger partial charge on any atom is -0.502 e. The van der Waals surface area contributed by atoms with Gasteiger partial charge in [-0.25, -0.2) is 4.79 Å². The standard InChI is InChI=1S/C16H16O6/c1-8(17)22-16(2,3)11-7-10-6-9-4-5-12(18)21-14(9)13(19)15(10)20-11/h4-6,11,19H,7H2,1-3H3. The number of phenols is 1. The van der Waals surface area contributed by atoms with E-state index in [1.807, 2.05) is 0 Å². The van der Waals surface area contributed by atoms with Crippen molar-refractivity contribution in [3.8, 4) is 11.5 Å². The van der Waals surface area contributed by atoms with Crippen molar-refractivity contribution in [1.29, 1.82) is 0 Å². The Balaban J connectivity index is 2.03. The number of hydrogen-bond donors (Lipinski definition) is 1. The van der Waals surface area contributed by atoms with Gasteiger partial charge in [0.25, 0.3) is 0 Å². The predicted molar refractivity (Wildman–Crippen MR) is 78.1 cm³/mol. The molecule has 22 heavy (non-hydrogen) atoms. The average Bonchev–Trinajstić information content (AvgIpc) is 2.83. The molecule has 0 aliphatic carbocycles. The van der Waals surface area contributed by atoms with Gasteiger partial charge in [-0.1, -0.05) is 0 Å². The molecule has 0 saturated carbocycles. The second kappa shape index (κ2) is 4.76. The van der Waals surface area contributed by atoms with Crippen molar-refractivity contribution >= 4 is 16.9 Å². The van der Waals surface area contributed by atoms with Crippen LogP contribution in [0.25, 0.3) is 11.0 Å². The van der Waals surface area contributed by atoms with Crippen molar-refractivity contribution in [3.05, 3.63) is 34.2 Å². The lowest BCUT2D eigenvalue weighted by atomic mass is 9.96. The zero-order valence-electron chi connectivity index (χ0n) is 12.5. The summed E-state index contributed by atoms with van der Waals surface area (Å²) in [6.07, 6.45) is 0.0546. The molecule has 0 spiro atoms. The van der Waals surface area contributed by atoms with Crippen LogP contribution in [0.5, 0.6) is 11.5 Å². The molecule has 3 rings (SSSR count). The average molecular weight is 304 g/mol. The minimum absolute atomic E-state index is 0.0946. The van der Waals surface area contributed by atoms with Crippen molar-refractivity contribution < 1.29 is 23.8 Å². The predicted octanol–water partition coefficient (Wildman–Crippen LogP) is 2.14. The molecule has 1 aromatic carbocycles. The number of benzene rings is 1. The molecule has 1 atom stereocenters. The number of carbonyl (C=O) groups excluding carboxylic acids is 1. The molecule has 1 unspecified atom stereocenters. The Bertz CT molecular complexity index is 817. The molecule has 116 valence electrons. The van der Waals surface area contributed by atoms with E-state index in [-0.39, 0.29) is 17.1 Å². The number of carbonyl (C=O) groups is 1. The number of ether oxygens (including phenoxy) is 2. The van der Waals surface area contributed by atoms with E-state index in [4.69, 9.17) is 13.9 Å². The highest BCUT2D eigenvalue weighted by Crippen LogP contribution is 2.44. The highest BCUT2D eigenvalue weighted by molar-refractivity contribution is 5.86. The summed E-state index contributed by atoms with van der Waals surface area (Å²) < 4.78 is 16.1. The molecule has 0 fully saturated rings. The van der Waals surface area contributed by atoms with Gasteiger partial charge in [-0.3, -0.25) is 4.79 Å². The summed E-state index contributed by atoms with van der Waals surface area (Å²) in [4.78, 5) is 22.5. The Labute approximate surface area is 126 Å². The smallest absolute Gasteiger partial charge is 0.336 e. The first-order valence-corrected chi connectivity index (χ1v) is 6.93. The third-order valence-corrected chi connectivity index (χ3v) is 3.76. The van der Waals surface area contributed by atoms with Crippen LogP contribution in [0.15, 0.2) is 27.4 Å².